The summed E-state index contributed by atoms with van der Waals surface area (Å²) >= 11 is 8.04. The molecule has 0 atom stereocenters. The molecule has 2 heterocycles. The fraction of sp³-hybridized carbons (Fsp3) is 0.583. The van der Waals surface area contributed by atoms with Crippen molar-refractivity contribution in [3.05, 3.63) is 22.8 Å². The van der Waals surface area contributed by atoms with E-state index in [1.54, 1.807) is 6.20 Å². The monoisotopic (exact) mass is 271 g/mol. The van der Waals surface area contributed by atoms with Gasteiger partial charge in [0, 0.05) is 36.3 Å². The Balaban J connectivity index is 2.22. The third kappa shape index (κ3) is 3.06. The SMILES string of the molecule is CC1(C)CN(c2cc(CN)c(Cl)cn2)CCS1. The van der Waals surface area contributed by atoms with E-state index in [2.05, 4.69) is 23.7 Å². The minimum absolute atomic E-state index is 0.280. The van der Waals surface area contributed by atoms with Crippen LogP contribution in [0.15, 0.2) is 12.3 Å². The van der Waals surface area contributed by atoms with E-state index in [1.807, 2.05) is 17.8 Å². The Labute approximate surface area is 112 Å². The molecular weight excluding hydrogens is 254 g/mol. The summed E-state index contributed by atoms with van der Waals surface area (Å²) in [5.74, 6) is 2.12. The van der Waals surface area contributed by atoms with Gasteiger partial charge < -0.3 is 10.6 Å². The fourth-order valence-electron chi connectivity index (χ4n) is 2.01. The van der Waals surface area contributed by atoms with E-state index in [9.17, 15) is 0 Å². The number of hydrogen-bond acceptors (Lipinski definition) is 4. The summed E-state index contributed by atoms with van der Waals surface area (Å²) in [5, 5.41) is 0.655. The topological polar surface area (TPSA) is 42.1 Å². The number of anilines is 1. The Morgan fingerprint density at radius 3 is 3.00 bits per heavy atom. The molecule has 1 aromatic rings. The standard InChI is InChI=1S/C12H18ClN3S/c1-12(2)8-16(3-4-17-12)11-5-9(6-14)10(13)7-15-11/h5,7H,3-4,6,8,14H2,1-2H3. The first-order chi connectivity index (χ1) is 8.02. The van der Waals surface area contributed by atoms with Crippen LogP contribution in [0.25, 0.3) is 0 Å². The third-order valence-corrected chi connectivity index (χ3v) is 4.53. The van der Waals surface area contributed by atoms with Crippen LogP contribution in [-0.4, -0.2) is 28.6 Å². The van der Waals surface area contributed by atoms with Crippen LogP contribution >= 0.6 is 23.4 Å². The van der Waals surface area contributed by atoms with Crippen molar-refractivity contribution in [3.63, 3.8) is 0 Å². The van der Waals surface area contributed by atoms with Gasteiger partial charge in [-0.15, -0.1) is 0 Å². The van der Waals surface area contributed by atoms with Gasteiger partial charge in [-0.25, -0.2) is 4.98 Å². The van der Waals surface area contributed by atoms with Crippen LogP contribution < -0.4 is 10.6 Å². The highest BCUT2D eigenvalue weighted by atomic mass is 35.5. The molecule has 2 N–H and O–H groups in total. The molecule has 0 aliphatic carbocycles. The number of hydrogen-bond donors (Lipinski definition) is 1. The maximum absolute atomic E-state index is 6.03. The van der Waals surface area contributed by atoms with E-state index in [4.69, 9.17) is 17.3 Å². The third-order valence-electron chi connectivity index (χ3n) is 2.89. The van der Waals surface area contributed by atoms with E-state index in [1.165, 1.54) is 0 Å². The predicted octanol–water partition coefficient (Wildman–Crippen LogP) is 2.53. The Kier molecular flexibility index (Phi) is 3.85. The van der Waals surface area contributed by atoms with E-state index < -0.39 is 0 Å². The first kappa shape index (κ1) is 13.0. The van der Waals surface area contributed by atoms with Gasteiger partial charge in [0.05, 0.1) is 5.02 Å². The number of aromatic nitrogens is 1. The maximum Gasteiger partial charge on any atom is 0.128 e. The molecule has 94 valence electrons. The van der Waals surface area contributed by atoms with Crippen molar-refractivity contribution >= 4 is 29.2 Å². The smallest absolute Gasteiger partial charge is 0.128 e. The van der Waals surface area contributed by atoms with Crippen molar-refractivity contribution < 1.29 is 0 Å². The van der Waals surface area contributed by atoms with Gasteiger partial charge >= 0.3 is 0 Å². The zero-order chi connectivity index (χ0) is 12.5. The molecule has 1 aromatic heterocycles. The summed E-state index contributed by atoms with van der Waals surface area (Å²) < 4.78 is 0.280. The Morgan fingerprint density at radius 2 is 2.35 bits per heavy atom. The summed E-state index contributed by atoms with van der Waals surface area (Å²) in [6.45, 7) is 7.04. The lowest BCUT2D eigenvalue weighted by molar-refractivity contribution is 0.642. The average molecular weight is 272 g/mol. The molecule has 5 heteroatoms. The van der Waals surface area contributed by atoms with Crippen molar-refractivity contribution in [2.45, 2.75) is 25.1 Å². The predicted molar refractivity (Wildman–Crippen MR) is 75.9 cm³/mol. The molecular formula is C12H18ClN3S. The van der Waals surface area contributed by atoms with E-state index in [0.717, 1.165) is 30.2 Å². The number of halogens is 1. The van der Waals surface area contributed by atoms with Crippen LogP contribution in [-0.2, 0) is 6.54 Å². The number of nitrogens with two attached hydrogens (primary N) is 1. The summed E-state index contributed by atoms with van der Waals surface area (Å²) in [5.41, 5.74) is 6.63. The van der Waals surface area contributed by atoms with Gasteiger partial charge in [0.2, 0.25) is 0 Å². The van der Waals surface area contributed by atoms with E-state index in [-0.39, 0.29) is 4.75 Å². The first-order valence-corrected chi connectivity index (χ1v) is 7.11. The Bertz CT molecular complexity index is 409. The molecule has 0 unspecified atom stereocenters. The fourth-order valence-corrected chi connectivity index (χ4v) is 3.30. The number of pyridine rings is 1. The van der Waals surface area contributed by atoms with Gasteiger partial charge in [0.15, 0.2) is 0 Å². The minimum atomic E-state index is 0.280. The van der Waals surface area contributed by atoms with Gasteiger partial charge in [-0.3, -0.25) is 0 Å². The molecule has 0 radical (unpaired) electrons. The van der Waals surface area contributed by atoms with Crippen LogP contribution in [0.1, 0.15) is 19.4 Å². The van der Waals surface area contributed by atoms with Crippen LogP contribution in [0.5, 0.6) is 0 Å². The highest BCUT2D eigenvalue weighted by Crippen LogP contribution is 2.32. The summed E-state index contributed by atoms with van der Waals surface area (Å²) in [7, 11) is 0. The second-order valence-corrected chi connectivity index (χ2v) is 7.08. The quantitative estimate of drug-likeness (QED) is 0.898. The van der Waals surface area contributed by atoms with Crippen molar-refractivity contribution in [1.29, 1.82) is 0 Å². The van der Waals surface area contributed by atoms with Crippen molar-refractivity contribution in [3.8, 4) is 0 Å². The zero-order valence-electron chi connectivity index (χ0n) is 10.2. The van der Waals surface area contributed by atoms with Crippen LogP contribution in [0.2, 0.25) is 5.02 Å². The van der Waals surface area contributed by atoms with Crippen molar-refractivity contribution in [2.75, 3.05) is 23.7 Å². The van der Waals surface area contributed by atoms with Crippen LogP contribution in [0, 0.1) is 0 Å². The van der Waals surface area contributed by atoms with Crippen LogP contribution in [0.4, 0.5) is 5.82 Å². The molecule has 0 spiro atoms. The normalized spacial score (nSPS) is 19.4. The maximum atomic E-state index is 6.03. The summed E-state index contributed by atoms with van der Waals surface area (Å²) in [6, 6.07) is 2.01. The second-order valence-electron chi connectivity index (χ2n) is 4.87. The summed E-state index contributed by atoms with van der Waals surface area (Å²) in [6.07, 6.45) is 1.70. The minimum Gasteiger partial charge on any atom is -0.354 e. The highest BCUT2D eigenvalue weighted by Gasteiger charge is 2.27. The van der Waals surface area contributed by atoms with Gasteiger partial charge in [-0.05, 0) is 25.5 Å². The Morgan fingerprint density at radius 1 is 1.59 bits per heavy atom. The van der Waals surface area contributed by atoms with Crippen molar-refractivity contribution in [2.24, 2.45) is 5.73 Å². The van der Waals surface area contributed by atoms with Crippen LogP contribution in [0.3, 0.4) is 0 Å². The van der Waals surface area contributed by atoms with Gasteiger partial charge in [0.1, 0.15) is 5.82 Å². The number of nitrogens with zero attached hydrogens (tertiary/aromatic N) is 2. The molecule has 1 aliphatic rings. The molecule has 0 saturated carbocycles. The molecule has 1 fully saturated rings. The Hall–Kier alpha value is -0.450. The molecule has 17 heavy (non-hydrogen) atoms. The van der Waals surface area contributed by atoms with E-state index >= 15 is 0 Å². The molecule has 1 saturated heterocycles. The van der Waals surface area contributed by atoms with Gasteiger partial charge in [-0.2, -0.15) is 11.8 Å². The van der Waals surface area contributed by atoms with Crippen molar-refractivity contribution in [1.82, 2.24) is 4.98 Å². The molecule has 0 aromatic carbocycles. The van der Waals surface area contributed by atoms with E-state index in [0.29, 0.717) is 11.6 Å². The first-order valence-electron chi connectivity index (χ1n) is 5.75. The molecule has 0 bridgehead atoms. The van der Waals surface area contributed by atoms with Gasteiger partial charge in [0.25, 0.3) is 0 Å². The molecule has 3 nitrogen and oxygen atoms in total. The lowest BCUT2D eigenvalue weighted by Crippen LogP contribution is -2.43. The van der Waals surface area contributed by atoms with Gasteiger partial charge in [-0.1, -0.05) is 11.6 Å². The number of thioether (sulfide) groups is 1. The zero-order valence-corrected chi connectivity index (χ0v) is 11.8. The molecule has 2 rings (SSSR count). The lowest BCUT2D eigenvalue weighted by Gasteiger charge is -2.38. The highest BCUT2D eigenvalue weighted by molar-refractivity contribution is 8.00. The summed E-state index contributed by atoms with van der Waals surface area (Å²) in [4.78, 5) is 6.72. The average Bonchev–Trinajstić information content (AvgIpc) is 2.28. The lowest BCUT2D eigenvalue weighted by atomic mass is 10.1. The largest absolute Gasteiger partial charge is 0.354 e. The second kappa shape index (κ2) is 5.04. The molecule has 0 amide bonds. The number of rotatable bonds is 2. The molecule has 1 aliphatic heterocycles.